The maximum absolute atomic E-state index is 6.48. The molecule has 130 heavy (non-hydrogen) atoms. The van der Waals surface area contributed by atoms with Crippen molar-refractivity contribution in [2.45, 2.75) is 0 Å². The summed E-state index contributed by atoms with van der Waals surface area (Å²) in [5.41, 5.74) is 30.9. The average molecular weight is 1660 g/mol. The van der Waals surface area contributed by atoms with Gasteiger partial charge in [-0.05, 0) is 210 Å². The van der Waals surface area contributed by atoms with E-state index in [1.54, 1.807) is 0 Å². The quantitative estimate of drug-likeness (QED) is 0.102. The van der Waals surface area contributed by atoms with Gasteiger partial charge in [-0.2, -0.15) is 0 Å². The lowest BCUT2D eigenvalue weighted by atomic mass is 9.96. The first-order valence-electron chi connectivity index (χ1n) is 44.5. The van der Waals surface area contributed by atoms with Crippen LogP contribution >= 0.6 is 0 Å². The summed E-state index contributed by atoms with van der Waals surface area (Å²) in [4.78, 5) is 4.81. The van der Waals surface area contributed by atoms with Crippen LogP contribution in [0, 0.1) is 0 Å². The summed E-state index contributed by atoms with van der Waals surface area (Å²) in [6.07, 6.45) is 0. The van der Waals surface area contributed by atoms with Crippen molar-refractivity contribution in [1.82, 2.24) is 9.13 Å². The molecule has 0 amide bonds. The number of aromatic nitrogens is 2. The maximum atomic E-state index is 6.48. The molecule has 0 bridgehead atoms. The highest BCUT2D eigenvalue weighted by Crippen LogP contribution is 2.49. The maximum Gasteiger partial charge on any atom is 0.143 e. The van der Waals surface area contributed by atoms with Crippen LogP contribution in [0.4, 0.5) is 34.1 Å². The first-order valence-corrected chi connectivity index (χ1v) is 44.5. The van der Waals surface area contributed by atoms with E-state index in [1.165, 1.54) is 103 Å². The van der Waals surface area contributed by atoms with Gasteiger partial charge in [0.05, 0.1) is 39.1 Å². The molecular weight excluding hydrogens is 1580 g/mol. The number of hydrogen-bond donors (Lipinski definition) is 0. The Morgan fingerprint density at radius 1 is 0.169 bits per heavy atom. The summed E-state index contributed by atoms with van der Waals surface area (Å²) in [6, 6.07) is 176. The molecule has 608 valence electrons. The van der Waals surface area contributed by atoms with Gasteiger partial charge in [0, 0.05) is 99.2 Å². The molecule has 6 nitrogen and oxygen atoms in total. The van der Waals surface area contributed by atoms with Gasteiger partial charge in [0.25, 0.3) is 0 Å². The molecule has 0 radical (unpaired) electrons. The Labute approximate surface area is 750 Å². The summed E-state index contributed by atoms with van der Waals surface area (Å²) in [5, 5.41) is 19.3. The Morgan fingerprint density at radius 2 is 0.492 bits per heavy atom. The normalized spacial score (nSPS) is 11.7. The number of anilines is 6. The van der Waals surface area contributed by atoms with Gasteiger partial charge in [-0.15, -0.1) is 0 Å². The molecule has 26 rings (SSSR count). The zero-order valence-electron chi connectivity index (χ0n) is 70.8. The zero-order valence-corrected chi connectivity index (χ0v) is 70.8. The van der Waals surface area contributed by atoms with Gasteiger partial charge in [-0.25, -0.2) is 0 Å². The van der Waals surface area contributed by atoms with Crippen molar-refractivity contribution in [3.8, 4) is 78.1 Å². The smallest absolute Gasteiger partial charge is 0.143 e. The summed E-state index contributed by atoms with van der Waals surface area (Å²) in [5.74, 6) is 0. The van der Waals surface area contributed by atoms with Crippen LogP contribution in [0.3, 0.4) is 0 Å². The molecule has 0 aliphatic heterocycles. The van der Waals surface area contributed by atoms with Crippen molar-refractivity contribution in [1.29, 1.82) is 0 Å². The topological polar surface area (TPSA) is 42.6 Å². The molecule has 0 atom stereocenters. The van der Waals surface area contributed by atoms with Crippen molar-refractivity contribution < 1.29 is 8.83 Å². The molecule has 4 aromatic heterocycles. The van der Waals surface area contributed by atoms with Crippen LogP contribution in [0.1, 0.15) is 0 Å². The molecule has 0 unspecified atom stereocenters. The van der Waals surface area contributed by atoms with Crippen LogP contribution in [0.15, 0.2) is 494 Å². The first-order chi connectivity index (χ1) is 64.5. The number of nitrogens with zero attached hydrogens (tertiary/aromatic N) is 4. The molecular formula is C124H80N4O2. The second kappa shape index (κ2) is 31.4. The summed E-state index contributed by atoms with van der Waals surface area (Å²) in [7, 11) is 0. The Hall–Kier alpha value is -17.3. The number of hydrogen-bond acceptors (Lipinski definition) is 4. The molecule has 0 aliphatic carbocycles. The predicted molar refractivity (Wildman–Crippen MR) is 548 cm³/mol. The number of benzene rings is 22. The molecule has 0 aliphatic rings. The van der Waals surface area contributed by atoms with Crippen molar-refractivity contribution in [2.24, 2.45) is 0 Å². The standard InChI is InChI=1S/2C62H40N2O/c1-2-22-50-41(15-1)33-34-43-16-13-31-59(61(43)50)63(47-37-35-42(36-38-47)51-26-14-27-55-54-25-6-10-32-60(54)65-62(51)55)48-20-12-18-45(40-48)44-17-11-19-46(39-44)49-21-3-7-28-56(49)64-57-29-8-4-23-52(57)53-24-5-9-30-58(53)64;1-2-19-50-41(14-1)30-31-43-34-37-49(40-57(43)50)63(47-35-32-42(33-36-47)52-24-13-25-56-55-23-6-10-29-61(55)65-62(52)56)48-18-12-16-45(39-48)44-15-11-17-46(38-44)51-20-3-7-26-58(51)64-59-27-8-4-21-53(59)54-22-5-9-28-60(54)64/h2*1-40H. The van der Waals surface area contributed by atoms with E-state index in [0.717, 1.165) is 139 Å². The number of para-hydroxylation sites is 10. The highest BCUT2D eigenvalue weighted by molar-refractivity contribution is 6.18. The predicted octanol–water partition coefficient (Wildman–Crippen LogP) is 34.9. The lowest BCUT2D eigenvalue weighted by Crippen LogP contribution is -2.10. The summed E-state index contributed by atoms with van der Waals surface area (Å²) < 4.78 is 17.8. The molecule has 0 fully saturated rings. The third-order valence-electron chi connectivity index (χ3n) is 26.3. The van der Waals surface area contributed by atoms with Crippen LogP contribution in [-0.4, -0.2) is 9.13 Å². The molecule has 22 aromatic carbocycles. The van der Waals surface area contributed by atoms with Crippen LogP contribution in [0.25, 0.3) is 209 Å². The zero-order chi connectivity index (χ0) is 85.7. The summed E-state index contributed by atoms with van der Waals surface area (Å²) >= 11 is 0. The number of furan rings is 2. The minimum Gasteiger partial charge on any atom is -0.455 e. The molecule has 6 heteroatoms. The monoisotopic (exact) mass is 1660 g/mol. The third-order valence-corrected chi connectivity index (χ3v) is 26.3. The van der Waals surface area contributed by atoms with Crippen molar-refractivity contribution in [3.63, 3.8) is 0 Å². The highest BCUT2D eigenvalue weighted by Gasteiger charge is 2.25. The van der Waals surface area contributed by atoms with Crippen LogP contribution < -0.4 is 9.80 Å². The molecule has 26 aromatic rings. The lowest BCUT2D eigenvalue weighted by molar-refractivity contribution is 0.669. The van der Waals surface area contributed by atoms with Gasteiger partial charge < -0.3 is 27.8 Å². The Bertz CT molecular complexity index is 8860. The fourth-order valence-corrected chi connectivity index (χ4v) is 20.3. The van der Waals surface area contributed by atoms with Gasteiger partial charge in [0.2, 0.25) is 0 Å². The van der Waals surface area contributed by atoms with Crippen LogP contribution in [0.2, 0.25) is 0 Å². The number of fused-ring (bicyclic) bond motifs is 18. The summed E-state index contributed by atoms with van der Waals surface area (Å²) in [6.45, 7) is 0. The Morgan fingerprint density at radius 3 is 1.00 bits per heavy atom. The second-order valence-corrected chi connectivity index (χ2v) is 33.7. The van der Waals surface area contributed by atoms with E-state index in [2.05, 4.69) is 480 Å². The van der Waals surface area contributed by atoms with Gasteiger partial charge >= 0.3 is 0 Å². The minimum atomic E-state index is 0.902. The van der Waals surface area contributed by atoms with Gasteiger partial charge in [-0.3, -0.25) is 0 Å². The fraction of sp³-hybridized carbons (Fsp3) is 0. The van der Waals surface area contributed by atoms with Crippen molar-refractivity contribution in [3.05, 3.63) is 485 Å². The van der Waals surface area contributed by atoms with Gasteiger partial charge in [-0.1, -0.05) is 358 Å². The largest absolute Gasteiger partial charge is 0.455 e. The fourth-order valence-electron chi connectivity index (χ4n) is 20.3. The van der Waals surface area contributed by atoms with E-state index >= 15 is 0 Å². The average Bonchev–Trinajstić information content (AvgIpc) is 1.50. The van der Waals surface area contributed by atoms with E-state index in [9.17, 15) is 0 Å². The van der Waals surface area contributed by atoms with E-state index in [1.807, 2.05) is 24.3 Å². The molecule has 0 spiro atoms. The molecule has 0 saturated carbocycles. The van der Waals surface area contributed by atoms with E-state index in [-0.39, 0.29) is 0 Å². The van der Waals surface area contributed by atoms with Gasteiger partial charge in [0.15, 0.2) is 0 Å². The molecule has 0 saturated heterocycles. The van der Waals surface area contributed by atoms with Crippen molar-refractivity contribution in [2.75, 3.05) is 9.80 Å². The SMILES string of the molecule is c1cc(-c2cccc(N(c3ccc(-c4cccc5c4oc4ccccc45)cc3)c3ccc4ccc5ccccc5c4c3)c2)cc(-c2ccccc2-n2c3ccccc3c3ccccc32)c1.c1cc(-c2cccc(N(c3ccc(-c4cccc5c4oc4ccccc45)cc3)c3cccc4ccc5ccccc5c34)c2)cc(-c2ccccc2-n2c3ccccc3c3ccccc32)c1. The highest BCUT2D eigenvalue weighted by atomic mass is 16.3. The minimum absolute atomic E-state index is 0.902. The van der Waals surface area contributed by atoms with E-state index in [0.29, 0.717) is 0 Å². The third kappa shape index (κ3) is 12.9. The lowest BCUT2D eigenvalue weighted by Gasteiger charge is -2.28. The van der Waals surface area contributed by atoms with Crippen LogP contribution in [0.5, 0.6) is 0 Å². The number of rotatable bonds is 14. The van der Waals surface area contributed by atoms with Crippen LogP contribution in [-0.2, 0) is 0 Å². The van der Waals surface area contributed by atoms with Crippen molar-refractivity contribution >= 4 is 165 Å². The molecule has 0 N–H and O–H groups in total. The Kier molecular flexibility index (Phi) is 18.2. The van der Waals surface area contributed by atoms with E-state index < -0.39 is 0 Å². The van der Waals surface area contributed by atoms with Gasteiger partial charge in [0.1, 0.15) is 22.3 Å². The first kappa shape index (κ1) is 75.2. The van der Waals surface area contributed by atoms with E-state index in [4.69, 9.17) is 8.83 Å². The Balaban J connectivity index is 0.000000140. The molecule has 4 heterocycles. The second-order valence-electron chi connectivity index (χ2n) is 33.7.